The summed E-state index contributed by atoms with van der Waals surface area (Å²) < 4.78 is 15.3. The van der Waals surface area contributed by atoms with Crippen molar-refractivity contribution in [1.82, 2.24) is 0 Å². The molecule has 1 aromatic rings. The SMILES string of the molecule is O=C1OCCC1=Cc1ccc2c(c1)OCO2. The second-order valence-corrected chi connectivity index (χ2v) is 3.67. The van der Waals surface area contributed by atoms with Crippen LogP contribution in [0.2, 0.25) is 0 Å². The summed E-state index contributed by atoms with van der Waals surface area (Å²) in [5.41, 5.74) is 1.64. The number of carbonyl (C=O) groups excluding carboxylic acids is 1. The Kier molecular flexibility index (Phi) is 2.06. The van der Waals surface area contributed by atoms with Gasteiger partial charge in [-0.2, -0.15) is 0 Å². The molecule has 0 unspecified atom stereocenters. The minimum Gasteiger partial charge on any atom is -0.462 e. The zero-order valence-corrected chi connectivity index (χ0v) is 8.56. The number of carbonyl (C=O) groups is 1. The van der Waals surface area contributed by atoms with Gasteiger partial charge in [0.15, 0.2) is 11.5 Å². The fourth-order valence-corrected chi connectivity index (χ4v) is 1.78. The van der Waals surface area contributed by atoms with Gasteiger partial charge in [0.05, 0.1) is 6.61 Å². The van der Waals surface area contributed by atoms with E-state index in [1.165, 1.54) is 0 Å². The average Bonchev–Trinajstić information content (AvgIpc) is 2.88. The predicted molar refractivity (Wildman–Crippen MR) is 56.1 cm³/mol. The Morgan fingerprint density at radius 2 is 2.00 bits per heavy atom. The maximum Gasteiger partial charge on any atom is 0.334 e. The van der Waals surface area contributed by atoms with Crippen LogP contribution in [0, 0.1) is 0 Å². The first-order valence-electron chi connectivity index (χ1n) is 5.10. The molecular formula is C12H10O4. The molecule has 0 atom stereocenters. The van der Waals surface area contributed by atoms with Crippen LogP contribution in [-0.4, -0.2) is 19.4 Å². The molecule has 16 heavy (non-hydrogen) atoms. The molecule has 1 saturated heterocycles. The molecule has 0 saturated carbocycles. The van der Waals surface area contributed by atoms with Gasteiger partial charge in [-0.25, -0.2) is 4.79 Å². The van der Waals surface area contributed by atoms with Gasteiger partial charge in [-0.1, -0.05) is 6.07 Å². The third-order valence-corrected chi connectivity index (χ3v) is 2.60. The molecule has 0 aromatic heterocycles. The van der Waals surface area contributed by atoms with Crippen LogP contribution >= 0.6 is 0 Å². The van der Waals surface area contributed by atoms with Gasteiger partial charge in [-0.05, 0) is 23.8 Å². The molecule has 0 radical (unpaired) electrons. The van der Waals surface area contributed by atoms with Gasteiger partial charge in [0.1, 0.15) is 0 Å². The van der Waals surface area contributed by atoms with Crippen molar-refractivity contribution in [2.75, 3.05) is 13.4 Å². The summed E-state index contributed by atoms with van der Waals surface area (Å²) >= 11 is 0. The maximum absolute atomic E-state index is 11.3. The maximum atomic E-state index is 11.3. The van der Waals surface area contributed by atoms with Crippen molar-refractivity contribution in [3.05, 3.63) is 29.3 Å². The number of hydrogen-bond donors (Lipinski definition) is 0. The number of esters is 1. The number of cyclic esters (lactones) is 1. The second-order valence-electron chi connectivity index (χ2n) is 3.67. The van der Waals surface area contributed by atoms with Crippen LogP contribution in [0.25, 0.3) is 6.08 Å². The van der Waals surface area contributed by atoms with Gasteiger partial charge in [0, 0.05) is 12.0 Å². The van der Waals surface area contributed by atoms with Gasteiger partial charge in [-0.3, -0.25) is 0 Å². The molecule has 1 fully saturated rings. The minimum atomic E-state index is -0.224. The summed E-state index contributed by atoms with van der Waals surface area (Å²) in [7, 11) is 0. The highest BCUT2D eigenvalue weighted by Crippen LogP contribution is 2.33. The molecule has 2 aliphatic rings. The lowest BCUT2D eigenvalue weighted by Crippen LogP contribution is -1.94. The van der Waals surface area contributed by atoms with E-state index in [-0.39, 0.29) is 12.8 Å². The molecular weight excluding hydrogens is 208 g/mol. The highest BCUT2D eigenvalue weighted by atomic mass is 16.7. The average molecular weight is 218 g/mol. The van der Waals surface area contributed by atoms with Gasteiger partial charge < -0.3 is 14.2 Å². The van der Waals surface area contributed by atoms with Crippen LogP contribution in [0.5, 0.6) is 11.5 Å². The van der Waals surface area contributed by atoms with Gasteiger partial charge >= 0.3 is 5.97 Å². The van der Waals surface area contributed by atoms with Crippen molar-refractivity contribution in [1.29, 1.82) is 0 Å². The molecule has 0 bridgehead atoms. The van der Waals surface area contributed by atoms with Crippen LogP contribution in [0.4, 0.5) is 0 Å². The third-order valence-electron chi connectivity index (χ3n) is 2.60. The lowest BCUT2D eigenvalue weighted by atomic mass is 10.1. The Hall–Kier alpha value is -1.97. The Balaban J connectivity index is 1.93. The number of fused-ring (bicyclic) bond motifs is 1. The zero-order chi connectivity index (χ0) is 11.0. The Morgan fingerprint density at radius 3 is 2.81 bits per heavy atom. The highest BCUT2D eigenvalue weighted by molar-refractivity contribution is 5.95. The topological polar surface area (TPSA) is 44.8 Å². The van der Waals surface area contributed by atoms with Gasteiger partial charge in [0.25, 0.3) is 0 Å². The van der Waals surface area contributed by atoms with E-state index in [1.54, 1.807) is 0 Å². The molecule has 82 valence electrons. The number of hydrogen-bond acceptors (Lipinski definition) is 4. The third kappa shape index (κ3) is 1.52. The predicted octanol–water partition coefficient (Wildman–Crippen LogP) is 1.75. The van der Waals surface area contributed by atoms with Crippen molar-refractivity contribution in [2.24, 2.45) is 0 Å². The molecule has 0 N–H and O–H groups in total. The van der Waals surface area contributed by atoms with Gasteiger partial charge in [-0.15, -0.1) is 0 Å². The molecule has 3 rings (SSSR count). The zero-order valence-electron chi connectivity index (χ0n) is 8.56. The largest absolute Gasteiger partial charge is 0.462 e. The molecule has 4 nitrogen and oxygen atoms in total. The summed E-state index contributed by atoms with van der Waals surface area (Å²) in [6.45, 7) is 0.743. The van der Waals surface area contributed by atoms with E-state index in [0.29, 0.717) is 18.6 Å². The summed E-state index contributed by atoms with van der Waals surface area (Å²) in [5, 5.41) is 0. The normalized spacial score (nSPS) is 20.2. The van der Waals surface area contributed by atoms with E-state index >= 15 is 0 Å². The first-order chi connectivity index (χ1) is 7.83. The van der Waals surface area contributed by atoms with Crippen LogP contribution in [0.1, 0.15) is 12.0 Å². The van der Waals surface area contributed by atoms with E-state index < -0.39 is 0 Å². The summed E-state index contributed by atoms with van der Waals surface area (Å²) in [6.07, 6.45) is 2.50. The first kappa shape index (κ1) is 9.27. The van der Waals surface area contributed by atoms with Crippen LogP contribution < -0.4 is 9.47 Å². The van der Waals surface area contributed by atoms with Crippen molar-refractivity contribution < 1.29 is 19.0 Å². The van der Waals surface area contributed by atoms with E-state index in [0.717, 1.165) is 17.1 Å². The van der Waals surface area contributed by atoms with E-state index in [1.807, 2.05) is 24.3 Å². The first-order valence-corrected chi connectivity index (χ1v) is 5.10. The summed E-state index contributed by atoms with van der Waals surface area (Å²) in [4.78, 5) is 11.3. The summed E-state index contributed by atoms with van der Waals surface area (Å²) in [5.74, 6) is 1.24. The van der Waals surface area contributed by atoms with Crippen LogP contribution in [0.15, 0.2) is 23.8 Å². The molecule has 2 aliphatic heterocycles. The monoisotopic (exact) mass is 218 g/mol. The quantitative estimate of drug-likeness (QED) is 0.532. The fraction of sp³-hybridized carbons (Fsp3) is 0.250. The highest BCUT2D eigenvalue weighted by Gasteiger charge is 2.19. The Morgan fingerprint density at radius 1 is 1.12 bits per heavy atom. The van der Waals surface area contributed by atoms with Crippen LogP contribution in [0.3, 0.4) is 0 Å². The van der Waals surface area contributed by atoms with E-state index in [9.17, 15) is 4.79 Å². The van der Waals surface area contributed by atoms with Crippen molar-refractivity contribution >= 4 is 12.0 Å². The second kappa shape index (κ2) is 3.56. The van der Waals surface area contributed by atoms with E-state index in [2.05, 4.69) is 0 Å². The smallest absolute Gasteiger partial charge is 0.334 e. The Labute approximate surface area is 92.4 Å². The molecule has 2 heterocycles. The number of benzene rings is 1. The van der Waals surface area contributed by atoms with Gasteiger partial charge in [0.2, 0.25) is 6.79 Å². The summed E-state index contributed by atoms with van der Waals surface area (Å²) in [6, 6.07) is 5.60. The van der Waals surface area contributed by atoms with Crippen molar-refractivity contribution in [2.45, 2.75) is 6.42 Å². The molecule has 4 heteroatoms. The lowest BCUT2D eigenvalue weighted by Gasteiger charge is -1.98. The molecule has 0 spiro atoms. The minimum absolute atomic E-state index is 0.224. The van der Waals surface area contributed by atoms with Crippen molar-refractivity contribution in [3.63, 3.8) is 0 Å². The molecule has 1 aromatic carbocycles. The number of rotatable bonds is 1. The molecule has 0 aliphatic carbocycles. The standard InChI is InChI=1S/C12H10O4/c13-12-9(3-4-14-12)5-8-1-2-10-11(6-8)16-7-15-10/h1-2,5-6H,3-4,7H2. The van der Waals surface area contributed by atoms with Crippen LogP contribution in [-0.2, 0) is 9.53 Å². The van der Waals surface area contributed by atoms with E-state index in [4.69, 9.17) is 14.2 Å². The lowest BCUT2D eigenvalue weighted by molar-refractivity contribution is -0.134. The molecule has 0 amide bonds. The fourth-order valence-electron chi connectivity index (χ4n) is 1.78. The Bertz CT molecular complexity index is 476. The van der Waals surface area contributed by atoms with Crippen molar-refractivity contribution in [3.8, 4) is 11.5 Å². The number of ether oxygens (including phenoxy) is 3.